The molecule has 0 fully saturated rings. The fraction of sp³-hybridized carbons (Fsp3) is 0.323. The van der Waals surface area contributed by atoms with Crippen LogP contribution in [0.15, 0.2) is 84.9 Å². The van der Waals surface area contributed by atoms with Crippen LogP contribution in [0.25, 0.3) is 0 Å². The van der Waals surface area contributed by atoms with Crippen molar-refractivity contribution in [1.82, 2.24) is 10.6 Å². The quantitative estimate of drug-likeness (QED) is 0.269. The summed E-state index contributed by atoms with van der Waals surface area (Å²) in [4.78, 5) is 38.6. The van der Waals surface area contributed by atoms with Crippen LogP contribution in [0.1, 0.15) is 49.3 Å². The van der Waals surface area contributed by atoms with Crippen molar-refractivity contribution in [2.24, 2.45) is 5.92 Å². The Morgan fingerprint density at radius 1 is 0.825 bits per heavy atom. The number of hydrogen-bond acceptors (Lipinski definition) is 3. The van der Waals surface area contributed by atoms with Gasteiger partial charge < -0.3 is 10.6 Å². The van der Waals surface area contributed by atoms with Crippen LogP contribution in [0.2, 0.25) is 5.02 Å². The molecule has 2 amide bonds. The van der Waals surface area contributed by atoms with E-state index < -0.39 is 41.8 Å². The average molecular weight is 573 g/mol. The van der Waals surface area contributed by atoms with Crippen LogP contribution in [-0.2, 0) is 20.8 Å². The Balaban J connectivity index is 1.83. The Morgan fingerprint density at radius 3 is 2.00 bits per heavy atom. The van der Waals surface area contributed by atoms with Gasteiger partial charge in [-0.3, -0.25) is 14.4 Å². The van der Waals surface area contributed by atoms with Gasteiger partial charge in [-0.25, -0.2) is 0 Å². The number of nitrogens with one attached hydrogen (secondary N) is 2. The molecule has 0 saturated heterocycles. The highest BCUT2D eigenvalue weighted by molar-refractivity contribution is 6.30. The number of amides is 2. The summed E-state index contributed by atoms with van der Waals surface area (Å²) in [7, 11) is 0. The summed E-state index contributed by atoms with van der Waals surface area (Å²) in [5, 5.41) is 5.47. The normalized spacial score (nSPS) is 13.8. The molecule has 9 heteroatoms. The van der Waals surface area contributed by atoms with Gasteiger partial charge >= 0.3 is 6.18 Å². The number of halogens is 4. The van der Waals surface area contributed by atoms with Crippen molar-refractivity contribution >= 4 is 29.2 Å². The smallest absolute Gasteiger partial charge is 0.344 e. The van der Waals surface area contributed by atoms with Crippen LogP contribution in [-0.4, -0.2) is 35.9 Å². The van der Waals surface area contributed by atoms with Crippen molar-refractivity contribution < 1.29 is 27.6 Å². The zero-order chi connectivity index (χ0) is 29.3. The summed E-state index contributed by atoms with van der Waals surface area (Å²) in [6.45, 7) is 2.84. The van der Waals surface area contributed by atoms with E-state index in [1.54, 1.807) is 18.2 Å². The number of aryl methyl sites for hydroxylation is 1. The van der Waals surface area contributed by atoms with E-state index in [1.165, 1.54) is 13.8 Å². The van der Waals surface area contributed by atoms with E-state index in [2.05, 4.69) is 10.6 Å². The fourth-order valence-corrected chi connectivity index (χ4v) is 4.66. The molecule has 0 radical (unpaired) electrons. The first-order valence-electron chi connectivity index (χ1n) is 13.0. The molecule has 2 N–H and O–H groups in total. The highest BCUT2D eigenvalue weighted by atomic mass is 35.5. The minimum absolute atomic E-state index is 0.0332. The van der Waals surface area contributed by atoms with Gasteiger partial charge in [0.25, 0.3) is 5.78 Å². The Morgan fingerprint density at radius 2 is 1.43 bits per heavy atom. The van der Waals surface area contributed by atoms with Gasteiger partial charge in [0.1, 0.15) is 6.04 Å². The molecule has 0 spiro atoms. The summed E-state index contributed by atoms with van der Waals surface area (Å²) in [5.74, 6) is -4.54. The van der Waals surface area contributed by atoms with Crippen LogP contribution in [0.3, 0.4) is 0 Å². The largest absolute Gasteiger partial charge is 0.452 e. The molecule has 0 heterocycles. The van der Waals surface area contributed by atoms with Crippen LogP contribution >= 0.6 is 11.6 Å². The third-order valence-corrected chi connectivity index (χ3v) is 6.82. The van der Waals surface area contributed by atoms with Crippen LogP contribution in [0.4, 0.5) is 13.2 Å². The molecular weight excluding hydrogens is 541 g/mol. The van der Waals surface area contributed by atoms with E-state index in [4.69, 9.17) is 11.6 Å². The van der Waals surface area contributed by atoms with Crippen molar-refractivity contribution in [3.05, 3.63) is 107 Å². The molecule has 0 aliphatic rings. The van der Waals surface area contributed by atoms with E-state index >= 15 is 0 Å². The average Bonchev–Trinajstić information content (AvgIpc) is 2.92. The summed E-state index contributed by atoms with van der Waals surface area (Å²) >= 11 is 6.21. The second kappa shape index (κ2) is 14.1. The standard InChI is InChI=1S/C31H32ClF3N2O3/c1-20(2)28(29(39)31(33,34)35)37-30(40)26(17-16-21-10-5-3-6-11-21)36-27(38)19-25(22-12-7-4-8-13-22)23-14-9-15-24(32)18-23/h3-15,18,20,25-26,28H,16-17,19H2,1-2H3,(H,36,38)(H,37,40)/t25-,26-,28-/m0/s1. The maximum atomic E-state index is 13.4. The predicted molar refractivity (Wildman–Crippen MR) is 149 cm³/mol. The number of rotatable bonds is 12. The maximum absolute atomic E-state index is 13.4. The molecule has 40 heavy (non-hydrogen) atoms. The van der Waals surface area contributed by atoms with Gasteiger partial charge in [0.2, 0.25) is 11.8 Å². The van der Waals surface area contributed by atoms with Crippen molar-refractivity contribution in [3.8, 4) is 0 Å². The van der Waals surface area contributed by atoms with E-state index in [1.807, 2.05) is 66.7 Å². The Kier molecular flexibility index (Phi) is 10.9. The molecule has 0 aliphatic carbocycles. The molecule has 0 unspecified atom stereocenters. The van der Waals surface area contributed by atoms with Crippen molar-refractivity contribution in [2.75, 3.05) is 0 Å². The van der Waals surface area contributed by atoms with Gasteiger partial charge in [0.05, 0.1) is 6.04 Å². The number of benzene rings is 3. The van der Waals surface area contributed by atoms with E-state index in [0.717, 1.165) is 16.7 Å². The molecule has 0 aromatic heterocycles. The highest BCUT2D eigenvalue weighted by Crippen LogP contribution is 2.30. The van der Waals surface area contributed by atoms with Crippen molar-refractivity contribution in [3.63, 3.8) is 0 Å². The lowest BCUT2D eigenvalue weighted by molar-refractivity contribution is -0.175. The van der Waals surface area contributed by atoms with Crippen molar-refractivity contribution in [2.45, 2.75) is 57.3 Å². The van der Waals surface area contributed by atoms with Gasteiger partial charge in [-0.1, -0.05) is 98.2 Å². The monoisotopic (exact) mass is 572 g/mol. The second-order valence-electron chi connectivity index (χ2n) is 9.96. The second-order valence-corrected chi connectivity index (χ2v) is 10.4. The number of hydrogen-bond donors (Lipinski definition) is 2. The van der Waals surface area contributed by atoms with Crippen molar-refractivity contribution in [1.29, 1.82) is 0 Å². The number of carbonyl (C=O) groups is 3. The molecule has 5 nitrogen and oxygen atoms in total. The predicted octanol–water partition coefficient (Wildman–Crippen LogP) is 6.25. The first-order chi connectivity index (χ1) is 19.0. The van der Waals surface area contributed by atoms with Gasteiger partial charge in [-0.15, -0.1) is 0 Å². The Bertz CT molecular complexity index is 1280. The van der Waals surface area contributed by atoms with Gasteiger partial charge in [-0.05, 0) is 47.6 Å². The highest BCUT2D eigenvalue weighted by Gasteiger charge is 2.45. The minimum atomic E-state index is -5.11. The van der Waals surface area contributed by atoms with Crippen LogP contribution < -0.4 is 10.6 Å². The molecule has 3 atom stereocenters. The number of carbonyl (C=O) groups excluding carboxylic acids is 3. The fourth-order valence-electron chi connectivity index (χ4n) is 4.47. The van der Waals surface area contributed by atoms with Gasteiger partial charge in [0, 0.05) is 17.4 Å². The SMILES string of the molecule is CC(C)[C@H](NC(=O)[C@H](CCc1ccccc1)NC(=O)C[C@@H](c1ccccc1)c1cccc(Cl)c1)C(=O)C(F)(F)F. The number of alkyl halides is 3. The topological polar surface area (TPSA) is 75.3 Å². The van der Waals surface area contributed by atoms with Crippen LogP contribution in [0.5, 0.6) is 0 Å². The summed E-state index contributed by atoms with van der Waals surface area (Å²) in [5.41, 5.74) is 2.55. The van der Waals surface area contributed by atoms with E-state index in [-0.39, 0.29) is 18.8 Å². The Labute approximate surface area is 237 Å². The summed E-state index contributed by atoms with van der Waals surface area (Å²) in [6.07, 6.45) is -4.63. The Hall–Kier alpha value is -3.65. The maximum Gasteiger partial charge on any atom is 0.452 e. The molecule has 212 valence electrons. The van der Waals surface area contributed by atoms with Gasteiger partial charge in [-0.2, -0.15) is 13.2 Å². The minimum Gasteiger partial charge on any atom is -0.344 e. The molecule has 3 rings (SSSR count). The summed E-state index contributed by atoms with van der Waals surface area (Å²) < 4.78 is 39.6. The van der Waals surface area contributed by atoms with E-state index in [9.17, 15) is 27.6 Å². The molecule has 3 aromatic rings. The van der Waals surface area contributed by atoms with Crippen LogP contribution in [0, 0.1) is 5.92 Å². The van der Waals surface area contributed by atoms with Gasteiger partial charge in [0.15, 0.2) is 0 Å². The lowest BCUT2D eigenvalue weighted by Gasteiger charge is -2.26. The molecule has 3 aromatic carbocycles. The summed E-state index contributed by atoms with van der Waals surface area (Å²) in [6, 6.07) is 22.7. The zero-order valence-corrected chi connectivity index (χ0v) is 23.0. The molecular formula is C31H32ClF3N2O3. The first kappa shape index (κ1) is 30.9. The molecule has 0 aliphatic heterocycles. The first-order valence-corrected chi connectivity index (χ1v) is 13.4. The molecule has 0 saturated carbocycles. The third-order valence-electron chi connectivity index (χ3n) is 6.59. The number of Topliss-reactive ketones (excluding diaryl/α,β-unsaturated/α-hetero) is 1. The lowest BCUT2D eigenvalue weighted by Crippen LogP contribution is -2.55. The van der Waals surface area contributed by atoms with E-state index in [0.29, 0.717) is 11.4 Å². The third kappa shape index (κ3) is 8.95. The zero-order valence-electron chi connectivity index (χ0n) is 22.3. The number of ketones is 1. The molecule has 0 bridgehead atoms. The lowest BCUT2D eigenvalue weighted by atomic mass is 9.88.